The molecule has 0 rings (SSSR count). The van der Waals surface area contributed by atoms with Crippen LogP contribution in [-0.4, -0.2) is 45.8 Å². The molecule has 1 amide bonds. The fourth-order valence-corrected chi connectivity index (χ4v) is 2.09. The molecule has 5 nitrogen and oxygen atoms in total. The van der Waals surface area contributed by atoms with Crippen molar-refractivity contribution in [3.8, 4) is 0 Å². The van der Waals surface area contributed by atoms with E-state index in [2.05, 4.69) is 10.1 Å². The van der Waals surface area contributed by atoms with Crippen LogP contribution in [0.5, 0.6) is 0 Å². The van der Waals surface area contributed by atoms with Gasteiger partial charge in [-0.2, -0.15) is 0 Å². The number of esters is 1. The monoisotopic (exact) mass is 297 g/mol. The van der Waals surface area contributed by atoms with Gasteiger partial charge in [-0.1, -0.05) is 0 Å². The van der Waals surface area contributed by atoms with Crippen molar-refractivity contribution in [3.63, 3.8) is 0 Å². The van der Waals surface area contributed by atoms with Gasteiger partial charge in [0.25, 0.3) is 0 Å². The summed E-state index contributed by atoms with van der Waals surface area (Å²) < 4.78 is 9.66. The van der Waals surface area contributed by atoms with Crippen molar-refractivity contribution >= 4 is 27.0 Å². The summed E-state index contributed by atoms with van der Waals surface area (Å²) in [5.74, 6) is 1.55. The van der Waals surface area contributed by atoms with E-state index in [9.17, 15) is 9.59 Å². The van der Waals surface area contributed by atoms with Crippen molar-refractivity contribution in [2.75, 3.05) is 7.11 Å². The first-order valence-electron chi connectivity index (χ1n) is 4.86. The number of hydrogen-bond acceptors (Lipinski definition) is 4. The standard InChI is InChI=1S/C10H19NO4Se/c1-10(2,3)15-9(13)11-7(6-16-5)8(12)14-4/h7H,6H2,1-5H3,(H,11,13)/t7-/m0/s1. The molecule has 0 aliphatic heterocycles. The third kappa shape index (κ3) is 6.69. The van der Waals surface area contributed by atoms with Crippen molar-refractivity contribution in [1.29, 1.82) is 0 Å². The third-order valence-corrected chi connectivity index (χ3v) is 2.91. The molecular weight excluding hydrogens is 277 g/mol. The number of rotatable bonds is 4. The van der Waals surface area contributed by atoms with Crippen LogP contribution in [0.4, 0.5) is 4.79 Å². The van der Waals surface area contributed by atoms with Crippen molar-refractivity contribution < 1.29 is 19.1 Å². The molecule has 0 spiro atoms. The van der Waals surface area contributed by atoms with Crippen molar-refractivity contribution in [2.45, 2.75) is 43.6 Å². The molecule has 0 aromatic heterocycles. The molecule has 0 radical (unpaired) electrons. The summed E-state index contributed by atoms with van der Waals surface area (Å²) >= 11 is 0.272. The number of nitrogens with one attached hydrogen (secondary N) is 1. The number of alkyl carbamates (subject to hydrolysis) is 1. The van der Waals surface area contributed by atoms with E-state index >= 15 is 0 Å². The van der Waals surface area contributed by atoms with Crippen molar-refractivity contribution in [3.05, 3.63) is 0 Å². The Balaban J connectivity index is 4.29. The molecule has 0 saturated heterocycles. The first kappa shape index (κ1) is 15.3. The van der Waals surface area contributed by atoms with Gasteiger partial charge in [0, 0.05) is 0 Å². The van der Waals surface area contributed by atoms with Crippen LogP contribution >= 0.6 is 0 Å². The Hall–Kier alpha value is -0.741. The molecule has 94 valence electrons. The van der Waals surface area contributed by atoms with Crippen LogP contribution in [0.3, 0.4) is 0 Å². The Labute approximate surface area is 102 Å². The number of methoxy groups -OCH3 is 1. The zero-order chi connectivity index (χ0) is 12.8. The van der Waals surface area contributed by atoms with Gasteiger partial charge in [0.15, 0.2) is 0 Å². The molecule has 1 atom stereocenters. The molecule has 0 fully saturated rings. The predicted octanol–water partition coefficient (Wildman–Crippen LogP) is 1.22. The van der Waals surface area contributed by atoms with Crippen LogP contribution < -0.4 is 5.32 Å². The summed E-state index contributed by atoms with van der Waals surface area (Å²) in [5, 5.41) is 3.10. The Morgan fingerprint density at radius 3 is 2.31 bits per heavy atom. The van der Waals surface area contributed by atoms with E-state index in [1.165, 1.54) is 7.11 Å². The van der Waals surface area contributed by atoms with Crippen molar-refractivity contribution in [2.24, 2.45) is 0 Å². The molecule has 0 heterocycles. The van der Waals surface area contributed by atoms with Gasteiger partial charge in [0.2, 0.25) is 0 Å². The van der Waals surface area contributed by atoms with Crippen LogP contribution in [0, 0.1) is 0 Å². The third-order valence-electron chi connectivity index (χ3n) is 1.51. The minimum atomic E-state index is -0.607. The zero-order valence-electron chi connectivity index (χ0n) is 10.3. The molecule has 16 heavy (non-hydrogen) atoms. The molecule has 0 aliphatic rings. The molecule has 0 bridgehead atoms. The van der Waals surface area contributed by atoms with Crippen LogP contribution in [0.15, 0.2) is 0 Å². The molecule has 1 N–H and O–H groups in total. The summed E-state index contributed by atoms with van der Waals surface area (Å²) in [6, 6.07) is -0.607. The molecule has 0 saturated carbocycles. The Morgan fingerprint density at radius 1 is 1.38 bits per heavy atom. The van der Waals surface area contributed by atoms with E-state index < -0.39 is 23.7 Å². The quantitative estimate of drug-likeness (QED) is 0.626. The van der Waals surface area contributed by atoms with Crippen molar-refractivity contribution in [1.82, 2.24) is 5.32 Å². The summed E-state index contributed by atoms with van der Waals surface area (Å²) in [6.45, 7) is 5.30. The molecule has 0 aromatic rings. The summed E-state index contributed by atoms with van der Waals surface area (Å²) in [5.41, 5.74) is -0.567. The Bertz CT molecular complexity index is 250. The summed E-state index contributed by atoms with van der Waals surface area (Å²) in [7, 11) is 1.30. The Morgan fingerprint density at radius 2 is 1.94 bits per heavy atom. The topological polar surface area (TPSA) is 64.6 Å². The second-order valence-electron chi connectivity index (χ2n) is 4.18. The zero-order valence-corrected chi connectivity index (χ0v) is 12.0. The Kier molecular flexibility index (Phi) is 6.45. The van der Waals surface area contributed by atoms with Crippen LogP contribution in [-0.2, 0) is 14.3 Å². The van der Waals surface area contributed by atoms with Crippen LogP contribution in [0.1, 0.15) is 20.8 Å². The molecule has 0 unspecified atom stereocenters. The maximum absolute atomic E-state index is 11.4. The van der Waals surface area contributed by atoms with E-state index in [1.807, 2.05) is 5.82 Å². The molecular formula is C10H19NO4Se. The van der Waals surface area contributed by atoms with E-state index in [0.29, 0.717) is 5.32 Å². The van der Waals surface area contributed by atoms with Gasteiger partial charge in [-0.05, 0) is 0 Å². The second-order valence-corrected chi connectivity index (χ2v) is 6.09. The maximum atomic E-state index is 11.4. The van der Waals surface area contributed by atoms with Crippen LogP contribution in [0.2, 0.25) is 11.1 Å². The predicted molar refractivity (Wildman–Crippen MR) is 61.6 cm³/mol. The number of ether oxygens (including phenoxy) is 2. The minimum absolute atomic E-state index is 0.272. The number of carbonyl (C=O) groups is 2. The van der Waals surface area contributed by atoms with E-state index in [0.717, 1.165) is 0 Å². The SMILES string of the molecule is COC(=O)[C@H](C[Se]C)NC(=O)OC(C)(C)C. The molecule has 0 aromatic carbocycles. The normalized spacial score (nSPS) is 12.8. The van der Waals surface area contributed by atoms with Gasteiger partial charge in [-0.15, -0.1) is 0 Å². The van der Waals surface area contributed by atoms with Gasteiger partial charge in [-0.3, -0.25) is 0 Å². The first-order valence-corrected chi connectivity index (χ1v) is 7.79. The van der Waals surface area contributed by atoms with Gasteiger partial charge in [0.1, 0.15) is 0 Å². The fourth-order valence-electron chi connectivity index (χ4n) is 0.927. The number of carbonyl (C=O) groups excluding carboxylic acids is 2. The molecule has 6 heteroatoms. The van der Waals surface area contributed by atoms with E-state index in [-0.39, 0.29) is 15.0 Å². The summed E-state index contributed by atoms with van der Waals surface area (Å²) in [6.07, 6.45) is -0.591. The first-order chi connectivity index (χ1) is 7.30. The van der Waals surface area contributed by atoms with Gasteiger partial charge < -0.3 is 0 Å². The fraction of sp³-hybridized carbons (Fsp3) is 0.800. The number of amides is 1. The average molecular weight is 296 g/mol. The van der Waals surface area contributed by atoms with Gasteiger partial charge >= 0.3 is 102 Å². The summed E-state index contributed by atoms with van der Waals surface area (Å²) in [4.78, 5) is 22.8. The molecule has 0 aliphatic carbocycles. The van der Waals surface area contributed by atoms with Gasteiger partial charge in [-0.25, -0.2) is 0 Å². The van der Waals surface area contributed by atoms with Crippen LogP contribution in [0.25, 0.3) is 0 Å². The van der Waals surface area contributed by atoms with E-state index in [1.54, 1.807) is 20.8 Å². The van der Waals surface area contributed by atoms with Gasteiger partial charge in [0.05, 0.1) is 0 Å². The average Bonchev–Trinajstić information content (AvgIpc) is 2.13. The second kappa shape index (κ2) is 6.76. The van der Waals surface area contributed by atoms with E-state index in [4.69, 9.17) is 4.74 Å². The number of hydrogen-bond donors (Lipinski definition) is 1.